The zero-order chi connectivity index (χ0) is 17.2. The molecule has 0 bridgehead atoms. The van der Waals surface area contributed by atoms with Gasteiger partial charge in [0, 0.05) is 17.8 Å². The first-order valence-corrected chi connectivity index (χ1v) is 8.44. The smallest absolute Gasteiger partial charge is 0.231 e. The van der Waals surface area contributed by atoms with Crippen LogP contribution < -0.4 is 16.8 Å². The number of rotatable bonds is 4. The predicted octanol–water partition coefficient (Wildman–Crippen LogP) is 2.97. The van der Waals surface area contributed by atoms with E-state index < -0.39 is 5.41 Å². The highest BCUT2D eigenvalue weighted by molar-refractivity contribution is 6.01. The second kappa shape index (κ2) is 6.61. The van der Waals surface area contributed by atoms with Crippen molar-refractivity contribution >= 4 is 28.2 Å². The number of hydrogen-bond donors (Lipinski definition) is 4. The standard InChI is InChI=1S/C19H24N4O/c20-12-19(8-2-1-3-9-19)18(24)23-16-7-6-13-10-15(17(21)22)5-4-14(13)11-16/h4-7,10-11H,1-3,8-9,12,20H2,(H3,21,22)(H,23,24). The Morgan fingerprint density at radius 3 is 2.42 bits per heavy atom. The van der Waals surface area contributed by atoms with E-state index in [-0.39, 0.29) is 11.7 Å². The SMILES string of the molecule is N=C(N)c1ccc2cc(NC(=O)C3(CN)CCCCC3)ccc2c1. The number of nitrogens with two attached hydrogens (primary N) is 2. The predicted molar refractivity (Wildman–Crippen MR) is 98.2 cm³/mol. The third-order valence-electron chi connectivity index (χ3n) is 5.09. The van der Waals surface area contributed by atoms with Gasteiger partial charge in [0.25, 0.3) is 0 Å². The number of carbonyl (C=O) groups excluding carboxylic acids is 1. The van der Waals surface area contributed by atoms with Crippen LogP contribution in [0.2, 0.25) is 0 Å². The number of carbonyl (C=O) groups is 1. The molecule has 126 valence electrons. The van der Waals surface area contributed by atoms with Gasteiger partial charge in [-0.05, 0) is 41.8 Å². The van der Waals surface area contributed by atoms with Crippen molar-refractivity contribution < 1.29 is 4.79 Å². The summed E-state index contributed by atoms with van der Waals surface area (Å²) in [5, 5.41) is 12.6. The molecule has 2 aromatic rings. The Balaban J connectivity index is 1.83. The molecule has 1 aliphatic rings. The van der Waals surface area contributed by atoms with Crippen molar-refractivity contribution in [2.24, 2.45) is 16.9 Å². The number of anilines is 1. The van der Waals surface area contributed by atoms with E-state index in [1.165, 1.54) is 6.42 Å². The van der Waals surface area contributed by atoms with Crippen LogP contribution in [0.15, 0.2) is 36.4 Å². The van der Waals surface area contributed by atoms with E-state index >= 15 is 0 Å². The summed E-state index contributed by atoms with van der Waals surface area (Å²) in [6.45, 7) is 0.397. The summed E-state index contributed by atoms with van der Waals surface area (Å²) in [7, 11) is 0. The molecule has 0 saturated heterocycles. The van der Waals surface area contributed by atoms with Gasteiger partial charge >= 0.3 is 0 Å². The first kappa shape index (κ1) is 16.5. The van der Waals surface area contributed by atoms with Crippen LogP contribution in [0, 0.1) is 10.8 Å². The molecule has 0 aliphatic heterocycles. The third-order valence-corrected chi connectivity index (χ3v) is 5.09. The number of hydrogen-bond acceptors (Lipinski definition) is 3. The van der Waals surface area contributed by atoms with E-state index in [0.29, 0.717) is 12.1 Å². The molecule has 5 heteroatoms. The molecule has 1 saturated carbocycles. The molecule has 5 nitrogen and oxygen atoms in total. The average Bonchev–Trinajstić information content (AvgIpc) is 2.61. The lowest BCUT2D eigenvalue weighted by atomic mass is 9.73. The number of nitrogens with one attached hydrogen (secondary N) is 2. The summed E-state index contributed by atoms with van der Waals surface area (Å²) in [6.07, 6.45) is 5.05. The maximum atomic E-state index is 12.8. The Labute approximate surface area is 141 Å². The van der Waals surface area contributed by atoms with Crippen LogP contribution in [0.4, 0.5) is 5.69 Å². The molecule has 0 heterocycles. The zero-order valence-corrected chi connectivity index (χ0v) is 13.8. The number of nitrogen functional groups attached to an aromatic ring is 1. The Hall–Kier alpha value is -2.40. The van der Waals surface area contributed by atoms with E-state index in [2.05, 4.69) is 5.32 Å². The summed E-state index contributed by atoms with van der Waals surface area (Å²) in [4.78, 5) is 12.8. The quantitative estimate of drug-likeness (QED) is 0.513. The minimum atomic E-state index is -0.425. The van der Waals surface area contributed by atoms with Gasteiger partial charge in [-0.25, -0.2) is 0 Å². The van der Waals surface area contributed by atoms with Crippen molar-refractivity contribution in [2.45, 2.75) is 32.1 Å². The molecular formula is C19H24N4O. The molecular weight excluding hydrogens is 300 g/mol. The lowest BCUT2D eigenvalue weighted by Crippen LogP contribution is -2.43. The molecule has 1 aliphatic carbocycles. The Morgan fingerprint density at radius 1 is 1.08 bits per heavy atom. The topological polar surface area (TPSA) is 105 Å². The van der Waals surface area contributed by atoms with Crippen LogP contribution in [-0.4, -0.2) is 18.3 Å². The molecule has 3 rings (SSSR count). The van der Waals surface area contributed by atoms with Crippen molar-refractivity contribution in [2.75, 3.05) is 11.9 Å². The number of fused-ring (bicyclic) bond motifs is 1. The first-order valence-electron chi connectivity index (χ1n) is 8.44. The fourth-order valence-electron chi connectivity index (χ4n) is 3.51. The van der Waals surface area contributed by atoms with Gasteiger partial charge in [-0.1, -0.05) is 37.5 Å². The summed E-state index contributed by atoms with van der Waals surface area (Å²) >= 11 is 0. The molecule has 1 fully saturated rings. The second-order valence-electron chi connectivity index (χ2n) is 6.69. The maximum Gasteiger partial charge on any atom is 0.231 e. The van der Waals surface area contributed by atoms with Gasteiger partial charge < -0.3 is 16.8 Å². The fourth-order valence-corrected chi connectivity index (χ4v) is 3.51. The van der Waals surface area contributed by atoms with E-state index in [4.69, 9.17) is 16.9 Å². The zero-order valence-electron chi connectivity index (χ0n) is 13.8. The maximum absolute atomic E-state index is 12.8. The van der Waals surface area contributed by atoms with Crippen LogP contribution in [0.3, 0.4) is 0 Å². The van der Waals surface area contributed by atoms with Crippen LogP contribution in [0.5, 0.6) is 0 Å². The highest BCUT2D eigenvalue weighted by Crippen LogP contribution is 2.36. The highest BCUT2D eigenvalue weighted by Gasteiger charge is 2.38. The van der Waals surface area contributed by atoms with Crippen LogP contribution in [-0.2, 0) is 4.79 Å². The van der Waals surface area contributed by atoms with Crippen molar-refractivity contribution in [1.82, 2.24) is 0 Å². The van der Waals surface area contributed by atoms with Gasteiger partial charge in [0.05, 0.1) is 5.41 Å². The minimum Gasteiger partial charge on any atom is -0.384 e. The number of amides is 1. The van der Waals surface area contributed by atoms with Gasteiger partial charge in [-0.15, -0.1) is 0 Å². The van der Waals surface area contributed by atoms with Crippen molar-refractivity contribution in [1.29, 1.82) is 5.41 Å². The van der Waals surface area contributed by atoms with E-state index in [9.17, 15) is 4.79 Å². The Kier molecular flexibility index (Phi) is 4.53. The molecule has 0 radical (unpaired) electrons. The molecule has 0 atom stereocenters. The normalized spacial score (nSPS) is 16.7. The largest absolute Gasteiger partial charge is 0.384 e. The van der Waals surface area contributed by atoms with Gasteiger partial charge in [0.15, 0.2) is 0 Å². The molecule has 2 aromatic carbocycles. The second-order valence-corrected chi connectivity index (χ2v) is 6.69. The lowest BCUT2D eigenvalue weighted by Gasteiger charge is -2.34. The van der Waals surface area contributed by atoms with Crippen molar-refractivity contribution in [3.05, 3.63) is 42.0 Å². The molecule has 24 heavy (non-hydrogen) atoms. The molecule has 0 spiro atoms. The number of benzene rings is 2. The van der Waals surface area contributed by atoms with Crippen molar-refractivity contribution in [3.8, 4) is 0 Å². The van der Waals surface area contributed by atoms with Crippen molar-refractivity contribution in [3.63, 3.8) is 0 Å². The summed E-state index contributed by atoms with van der Waals surface area (Å²) < 4.78 is 0. The molecule has 0 aromatic heterocycles. The number of amidine groups is 1. The van der Waals surface area contributed by atoms with Gasteiger partial charge in [-0.3, -0.25) is 10.2 Å². The molecule has 0 unspecified atom stereocenters. The van der Waals surface area contributed by atoms with E-state index in [1.807, 2.05) is 36.4 Å². The van der Waals surface area contributed by atoms with Gasteiger partial charge in [-0.2, -0.15) is 0 Å². The highest BCUT2D eigenvalue weighted by atomic mass is 16.2. The van der Waals surface area contributed by atoms with Crippen LogP contribution in [0.1, 0.15) is 37.7 Å². The first-order chi connectivity index (χ1) is 11.5. The van der Waals surface area contributed by atoms with Crippen LogP contribution >= 0.6 is 0 Å². The summed E-state index contributed by atoms with van der Waals surface area (Å²) in [5.74, 6) is 0.0841. The fraction of sp³-hybridized carbons (Fsp3) is 0.368. The monoisotopic (exact) mass is 324 g/mol. The van der Waals surface area contributed by atoms with E-state index in [1.54, 1.807) is 0 Å². The average molecular weight is 324 g/mol. The van der Waals surface area contributed by atoms with E-state index in [0.717, 1.165) is 42.1 Å². The third kappa shape index (κ3) is 3.12. The summed E-state index contributed by atoms with van der Waals surface area (Å²) in [6, 6.07) is 11.4. The Morgan fingerprint density at radius 2 is 1.75 bits per heavy atom. The van der Waals surface area contributed by atoms with Gasteiger partial charge in [0.2, 0.25) is 5.91 Å². The lowest BCUT2D eigenvalue weighted by molar-refractivity contribution is -0.126. The Bertz CT molecular complexity index is 778. The minimum absolute atomic E-state index is 0.0319. The summed E-state index contributed by atoms with van der Waals surface area (Å²) in [5.41, 5.74) is 12.5. The van der Waals surface area contributed by atoms with Crippen LogP contribution in [0.25, 0.3) is 10.8 Å². The molecule has 6 N–H and O–H groups in total. The van der Waals surface area contributed by atoms with Gasteiger partial charge in [0.1, 0.15) is 5.84 Å². The molecule has 1 amide bonds.